The van der Waals surface area contributed by atoms with Crippen molar-refractivity contribution in [2.45, 2.75) is 37.7 Å². The van der Waals surface area contributed by atoms with Crippen LogP contribution in [0.1, 0.15) is 42.0 Å². The minimum atomic E-state index is -4.81. The second kappa shape index (κ2) is 9.20. The van der Waals surface area contributed by atoms with Crippen LogP contribution in [0.5, 0.6) is 0 Å². The standard InChI is InChI=1S/C17H20F6N2.2ClH/c18-16(19,20)12-4-5-13(14(10-12)17(21,22)23)15(11-2-1-3-11)25-8-6-24-7-9-25;;/h4-5,10-11,15,24H,1-3,6-9H2;2*1H/t15-;;/m0../s1. The summed E-state index contributed by atoms with van der Waals surface area (Å²) >= 11 is 0. The minimum Gasteiger partial charge on any atom is -0.314 e. The van der Waals surface area contributed by atoms with Crippen molar-refractivity contribution in [1.29, 1.82) is 0 Å². The maximum absolute atomic E-state index is 13.5. The number of halogens is 8. The summed E-state index contributed by atoms with van der Waals surface area (Å²) in [5.74, 6) is 0.0657. The summed E-state index contributed by atoms with van der Waals surface area (Å²) in [7, 11) is 0. The monoisotopic (exact) mass is 438 g/mol. The number of nitrogens with zero attached hydrogens (tertiary/aromatic N) is 1. The van der Waals surface area contributed by atoms with Crippen LogP contribution in [-0.4, -0.2) is 31.1 Å². The first-order valence-electron chi connectivity index (χ1n) is 8.41. The Morgan fingerprint density at radius 1 is 0.926 bits per heavy atom. The second-order valence-electron chi connectivity index (χ2n) is 6.72. The molecule has 1 N–H and O–H groups in total. The highest BCUT2D eigenvalue weighted by molar-refractivity contribution is 5.85. The van der Waals surface area contributed by atoms with Crippen LogP contribution < -0.4 is 5.32 Å². The van der Waals surface area contributed by atoms with Crippen molar-refractivity contribution < 1.29 is 26.3 Å². The van der Waals surface area contributed by atoms with E-state index in [1.165, 1.54) is 0 Å². The average molecular weight is 439 g/mol. The molecule has 0 bridgehead atoms. The molecule has 0 unspecified atom stereocenters. The number of nitrogens with one attached hydrogen (secondary N) is 1. The lowest BCUT2D eigenvalue weighted by molar-refractivity contribution is -0.144. The van der Waals surface area contributed by atoms with Gasteiger partial charge in [-0.05, 0) is 36.5 Å². The highest BCUT2D eigenvalue weighted by atomic mass is 35.5. The third-order valence-corrected chi connectivity index (χ3v) is 5.15. The van der Waals surface area contributed by atoms with E-state index in [2.05, 4.69) is 5.32 Å². The smallest absolute Gasteiger partial charge is 0.314 e. The molecule has 10 heteroatoms. The molecule has 1 atom stereocenters. The normalized spacial score (nSPS) is 20.2. The van der Waals surface area contributed by atoms with Gasteiger partial charge in [-0.1, -0.05) is 12.5 Å². The summed E-state index contributed by atoms with van der Waals surface area (Å²) in [6, 6.07) is 1.60. The third kappa shape index (κ3) is 5.43. The van der Waals surface area contributed by atoms with Gasteiger partial charge in [0, 0.05) is 32.2 Å². The predicted molar refractivity (Wildman–Crippen MR) is 95.5 cm³/mol. The van der Waals surface area contributed by atoms with E-state index in [9.17, 15) is 26.3 Å². The minimum absolute atomic E-state index is 0. The lowest BCUT2D eigenvalue weighted by atomic mass is 9.75. The molecule has 27 heavy (non-hydrogen) atoms. The van der Waals surface area contributed by atoms with Gasteiger partial charge in [-0.15, -0.1) is 24.8 Å². The molecule has 156 valence electrons. The fraction of sp³-hybridized carbons (Fsp3) is 0.647. The molecule has 1 saturated carbocycles. The highest BCUT2D eigenvalue weighted by Crippen LogP contribution is 2.46. The van der Waals surface area contributed by atoms with Crippen LogP contribution >= 0.6 is 24.8 Å². The lowest BCUT2D eigenvalue weighted by Gasteiger charge is -2.44. The van der Waals surface area contributed by atoms with Gasteiger partial charge in [0.2, 0.25) is 0 Å². The average Bonchev–Trinajstić information content (AvgIpc) is 2.49. The van der Waals surface area contributed by atoms with Crippen molar-refractivity contribution in [3.05, 3.63) is 34.9 Å². The zero-order chi connectivity index (χ0) is 18.2. The number of piperazine rings is 1. The molecule has 3 rings (SSSR count). The Kier molecular flexibility index (Phi) is 8.29. The molecule has 2 fully saturated rings. The van der Waals surface area contributed by atoms with Crippen LogP contribution in [0.2, 0.25) is 0 Å². The molecular weight excluding hydrogens is 417 g/mol. The van der Waals surface area contributed by atoms with Crippen molar-refractivity contribution in [1.82, 2.24) is 10.2 Å². The van der Waals surface area contributed by atoms with Crippen LogP contribution in [0.4, 0.5) is 26.3 Å². The summed E-state index contributed by atoms with van der Waals surface area (Å²) in [6.45, 7) is 2.54. The van der Waals surface area contributed by atoms with Gasteiger partial charge >= 0.3 is 12.4 Å². The van der Waals surface area contributed by atoms with Crippen LogP contribution in [0.25, 0.3) is 0 Å². The van der Waals surface area contributed by atoms with Crippen LogP contribution in [0.15, 0.2) is 18.2 Å². The van der Waals surface area contributed by atoms with E-state index in [-0.39, 0.29) is 42.4 Å². The molecular formula is C17H22Cl2F6N2. The zero-order valence-electron chi connectivity index (χ0n) is 14.4. The van der Waals surface area contributed by atoms with Gasteiger partial charge in [0.15, 0.2) is 0 Å². The second-order valence-corrected chi connectivity index (χ2v) is 6.72. The van der Waals surface area contributed by atoms with E-state index in [0.29, 0.717) is 26.2 Å². The molecule has 1 aromatic carbocycles. The van der Waals surface area contributed by atoms with Gasteiger partial charge < -0.3 is 5.32 Å². The maximum atomic E-state index is 13.5. The summed E-state index contributed by atoms with van der Waals surface area (Å²) in [5.41, 5.74) is -2.43. The first kappa shape index (κ1) is 24.3. The topological polar surface area (TPSA) is 15.3 Å². The van der Waals surface area contributed by atoms with E-state index < -0.39 is 29.5 Å². The predicted octanol–water partition coefficient (Wildman–Crippen LogP) is 5.31. The summed E-state index contributed by atoms with van der Waals surface area (Å²) in [4.78, 5) is 1.98. The van der Waals surface area contributed by atoms with Crippen molar-refractivity contribution in [3.63, 3.8) is 0 Å². The molecule has 1 aliphatic heterocycles. The Hall–Kier alpha value is -0.700. The van der Waals surface area contributed by atoms with Gasteiger partial charge in [0.1, 0.15) is 0 Å². The van der Waals surface area contributed by atoms with Crippen LogP contribution in [0.3, 0.4) is 0 Å². The Labute approximate surface area is 166 Å². The van der Waals surface area contributed by atoms with E-state index in [1.807, 2.05) is 4.90 Å². The van der Waals surface area contributed by atoms with E-state index in [0.717, 1.165) is 31.4 Å². The zero-order valence-corrected chi connectivity index (χ0v) is 16.0. The van der Waals surface area contributed by atoms with E-state index >= 15 is 0 Å². The molecule has 1 aromatic rings. The fourth-order valence-corrected chi connectivity index (χ4v) is 3.70. The van der Waals surface area contributed by atoms with Crippen molar-refractivity contribution in [3.8, 4) is 0 Å². The van der Waals surface area contributed by atoms with E-state index in [4.69, 9.17) is 0 Å². The Balaban J connectivity index is 0.00000182. The van der Waals surface area contributed by atoms with Gasteiger partial charge in [-0.25, -0.2) is 0 Å². The van der Waals surface area contributed by atoms with Crippen LogP contribution in [-0.2, 0) is 12.4 Å². The maximum Gasteiger partial charge on any atom is 0.416 e. The van der Waals surface area contributed by atoms with Crippen molar-refractivity contribution in [2.75, 3.05) is 26.2 Å². The molecule has 0 aromatic heterocycles. The van der Waals surface area contributed by atoms with Gasteiger partial charge in [-0.2, -0.15) is 26.3 Å². The number of rotatable bonds is 3. The van der Waals surface area contributed by atoms with Gasteiger partial charge in [-0.3, -0.25) is 4.90 Å². The summed E-state index contributed by atoms with van der Waals surface area (Å²) in [6.07, 6.45) is -7.03. The molecule has 2 aliphatic rings. The fourth-order valence-electron chi connectivity index (χ4n) is 3.70. The SMILES string of the molecule is Cl.Cl.FC(F)(F)c1ccc([C@H](C2CCC2)N2CCNCC2)c(C(F)(F)F)c1. The van der Waals surface area contributed by atoms with Crippen molar-refractivity contribution in [2.24, 2.45) is 5.92 Å². The van der Waals surface area contributed by atoms with Crippen molar-refractivity contribution >= 4 is 24.8 Å². The Morgan fingerprint density at radius 3 is 1.96 bits per heavy atom. The molecule has 0 radical (unpaired) electrons. The molecule has 0 amide bonds. The first-order chi connectivity index (χ1) is 11.7. The third-order valence-electron chi connectivity index (χ3n) is 5.15. The van der Waals surface area contributed by atoms with Gasteiger partial charge in [0.25, 0.3) is 0 Å². The quantitative estimate of drug-likeness (QED) is 0.642. The summed E-state index contributed by atoms with van der Waals surface area (Å²) < 4.78 is 79.3. The van der Waals surface area contributed by atoms with E-state index in [1.54, 1.807) is 0 Å². The Bertz CT molecular complexity index is 610. The number of hydrogen-bond donors (Lipinski definition) is 1. The summed E-state index contributed by atoms with van der Waals surface area (Å²) in [5, 5.41) is 3.16. The number of benzene rings is 1. The number of hydrogen-bond acceptors (Lipinski definition) is 2. The molecule has 1 saturated heterocycles. The first-order valence-corrected chi connectivity index (χ1v) is 8.41. The Morgan fingerprint density at radius 2 is 1.52 bits per heavy atom. The highest BCUT2D eigenvalue weighted by Gasteiger charge is 2.43. The molecule has 1 aliphatic carbocycles. The lowest BCUT2D eigenvalue weighted by Crippen LogP contribution is -2.48. The largest absolute Gasteiger partial charge is 0.416 e. The molecule has 0 spiro atoms. The van der Waals surface area contributed by atoms with Crippen LogP contribution in [0, 0.1) is 5.92 Å². The molecule has 1 heterocycles. The number of alkyl halides is 6. The van der Waals surface area contributed by atoms with Gasteiger partial charge in [0.05, 0.1) is 11.1 Å². The molecule has 2 nitrogen and oxygen atoms in total.